The molecular weight excluding hydrogens is 431 g/mol. The van der Waals surface area contributed by atoms with Crippen molar-refractivity contribution < 1.29 is 80.5 Å². The quantitative estimate of drug-likeness (QED) is 0.428. The van der Waals surface area contributed by atoms with E-state index in [4.69, 9.17) is 0 Å². The molecule has 0 fully saturated rings. The number of rotatable bonds is 1. The van der Waals surface area contributed by atoms with Crippen LogP contribution in [-0.2, 0) is 24.7 Å². The molecule has 0 amide bonds. The fourth-order valence-electron chi connectivity index (χ4n) is 0.590. The number of benzene rings is 1. The van der Waals surface area contributed by atoms with Gasteiger partial charge in [0, 0.05) is 0 Å². The Morgan fingerprint density at radius 3 is 1.67 bits per heavy atom. The third kappa shape index (κ3) is 6.70. The fourth-order valence-corrected chi connectivity index (χ4v) is 0.999. The van der Waals surface area contributed by atoms with Gasteiger partial charge in [-0.1, -0.05) is 0 Å². The molecule has 1 nitrogen and oxygen atoms in total. The summed E-state index contributed by atoms with van der Waals surface area (Å²) in [7, 11) is 0. The standard InChI is InChI=1S/C7H5O.3BrH.Zr/c8-6-7-4-2-1-3-5-7;;;;/h1-5H;3*1H;/q;;;;+3/p-3. The summed E-state index contributed by atoms with van der Waals surface area (Å²) in [6.07, 6.45) is 0. The Bertz CT molecular complexity index is 215. The van der Waals surface area contributed by atoms with Gasteiger partial charge in [0.25, 0.3) is 0 Å². The molecule has 0 aliphatic carbocycles. The molecule has 5 heteroatoms. The minimum atomic E-state index is 0. The van der Waals surface area contributed by atoms with Crippen LogP contribution >= 0.6 is 0 Å². The number of halogens is 3. The predicted molar refractivity (Wildman–Crippen MR) is 30.8 cm³/mol. The van der Waals surface area contributed by atoms with Gasteiger partial charge in [-0.05, 0) is 0 Å². The third-order valence-electron chi connectivity index (χ3n) is 1.04. The summed E-state index contributed by atoms with van der Waals surface area (Å²) >= 11 is 0.951. The number of hydrogen-bond donors (Lipinski definition) is 0. The van der Waals surface area contributed by atoms with Crippen molar-refractivity contribution in [3.63, 3.8) is 0 Å². The number of hydrogen-bond acceptors (Lipinski definition) is 1. The minimum absolute atomic E-state index is 0. The van der Waals surface area contributed by atoms with Gasteiger partial charge in [0.1, 0.15) is 0 Å². The van der Waals surface area contributed by atoms with Crippen LogP contribution < -0.4 is 50.9 Å². The van der Waals surface area contributed by atoms with Crippen molar-refractivity contribution in [2.45, 2.75) is 0 Å². The van der Waals surface area contributed by atoms with Gasteiger partial charge in [0.15, 0.2) is 0 Å². The Balaban J connectivity index is -0.000000270. The summed E-state index contributed by atoms with van der Waals surface area (Å²) in [5.41, 5.74) is 0.815. The molecule has 0 heterocycles. The van der Waals surface area contributed by atoms with Crippen LogP contribution in [0.15, 0.2) is 30.3 Å². The first-order valence-corrected chi connectivity index (χ1v) is 3.84. The first kappa shape index (κ1) is 18.9. The van der Waals surface area contributed by atoms with Gasteiger partial charge in [-0.25, -0.2) is 0 Å². The molecule has 64 valence electrons. The predicted octanol–water partition coefficient (Wildman–Crippen LogP) is -7.61. The van der Waals surface area contributed by atoms with Gasteiger partial charge in [-0.15, -0.1) is 0 Å². The zero-order valence-corrected chi connectivity index (χ0v) is 13.1. The molecule has 0 aliphatic heterocycles. The van der Waals surface area contributed by atoms with Crippen LogP contribution in [-0.4, -0.2) is 3.49 Å². The molecule has 0 atom stereocenters. The molecule has 0 saturated carbocycles. The van der Waals surface area contributed by atoms with E-state index in [0.29, 0.717) is 0 Å². The molecule has 0 saturated heterocycles. The molecule has 1 aromatic carbocycles. The van der Waals surface area contributed by atoms with Gasteiger partial charge in [-0.2, -0.15) is 0 Å². The third-order valence-corrected chi connectivity index (χ3v) is 1.75. The van der Waals surface area contributed by atoms with Crippen molar-refractivity contribution in [2.24, 2.45) is 0 Å². The van der Waals surface area contributed by atoms with E-state index in [-0.39, 0.29) is 54.4 Å². The van der Waals surface area contributed by atoms with Crippen LogP contribution in [0.2, 0.25) is 0 Å². The van der Waals surface area contributed by atoms with Crippen molar-refractivity contribution >= 4 is 3.49 Å². The van der Waals surface area contributed by atoms with E-state index in [9.17, 15) is 4.79 Å². The number of carbonyl (C=O) groups excluding carboxylic acids is 1. The summed E-state index contributed by atoms with van der Waals surface area (Å²) in [6, 6.07) is 9.31. The maximum Gasteiger partial charge on any atom is -1.00 e. The average molecular weight is 436 g/mol. The molecule has 0 aliphatic rings. The van der Waals surface area contributed by atoms with Crippen LogP contribution in [0.4, 0.5) is 0 Å². The van der Waals surface area contributed by atoms with E-state index in [1.807, 2.05) is 30.3 Å². The molecule has 0 radical (unpaired) electrons. The summed E-state index contributed by atoms with van der Waals surface area (Å²) in [6.45, 7) is 0. The van der Waals surface area contributed by atoms with Gasteiger partial charge in [0.2, 0.25) is 0 Å². The molecule has 0 aromatic heterocycles. The van der Waals surface area contributed by atoms with Crippen LogP contribution in [0.3, 0.4) is 0 Å². The van der Waals surface area contributed by atoms with Crippen molar-refractivity contribution in [1.29, 1.82) is 0 Å². The van der Waals surface area contributed by atoms with E-state index >= 15 is 0 Å². The normalized spacial score (nSPS) is 6.83. The molecular formula is C7H5Br3OZr. The van der Waals surface area contributed by atoms with E-state index in [1.165, 1.54) is 0 Å². The zero-order chi connectivity index (χ0) is 6.69. The topological polar surface area (TPSA) is 17.1 Å². The fraction of sp³-hybridized carbons (Fsp3) is 0. The molecule has 1 rings (SSSR count). The van der Waals surface area contributed by atoms with Crippen LogP contribution in [0.5, 0.6) is 0 Å². The van der Waals surface area contributed by atoms with E-state index in [1.54, 1.807) is 0 Å². The monoisotopic (exact) mass is 432 g/mol. The first-order chi connectivity index (χ1) is 4.30. The summed E-state index contributed by atoms with van der Waals surface area (Å²) in [5.74, 6) is 0. The SMILES string of the molecule is O=[C]([Zr+3])c1ccccc1.[Br-].[Br-].[Br-]. The van der Waals surface area contributed by atoms with Gasteiger partial charge < -0.3 is 50.9 Å². The molecule has 0 bridgehead atoms. The van der Waals surface area contributed by atoms with E-state index < -0.39 is 0 Å². The number of carbonyl (C=O) groups is 1. The van der Waals surface area contributed by atoms with Crippen LogP contribution in [0.1, 0.15) is 10.4 Å². The second-order valence-electron chi connectivity index (χ2n) is 1.70. The first-order valence-electron chi connectivity index (χ1n) is 2.61. The van der Waals surface area contributed by atoms with Crippen LogP contribution in [0.25, 0.3) is 0 Å². The summed E-state index contributed by atoms with van der Waals surface area (Å²) in [5, 5.41) is 0. The minimum Gasteiger partial charge on any atom is -1.00 e. The van der Waals surface area contributed by atoms with E-state index in [2.05, 4.69) is 0 Å². The Morgan fingerprint density at radius 1 is 1.00 bits per heavy atom. The average Bonchev–Trinajstić information content (AvgIpc) is 1.90. The zero-order valence-electron chi connectivity index (χ0n) is 5.93. The Kier molecular flexibility index (Phi) is 16.2. The molecule has 0 N–H and O–H groups in total. The van der Waals surface area contributed by atoms with Crippen molar-refractivity contribution in [1.82, 2.24) is 0 Å². The van der Waals surface area contributed by atoms with Crippen molar-refractivity contribution in [3.8, 4) is 0 Å². The summed E-state index contributed by atoms with van der Waals surface area (Å²) < 4.78 is 0.211. The maximum atomic E-state index is 10.7. The summed E-state index contributed by atoms with van der Waals surface area (Å²) in [4.78, 5) is 10.7. The molecule has 0 unspecified atom stereocenters. The van der Waals surface area contributed by atoms with Crippen molar-refractivity contribution in [2.75, 3.05) is 0 Å². The van der Waals surface area contributed by atoms with Gasteiger partial charge in [-0.3, -0.25) is 0 Å². The second-order valence-corrected chi connectivity index (χ2v) is 2.81. The maximum absolute atomic E-state index is 10.7. The molecule has 1 aromatic rings. The van der Waals surface area contributed by atoms with Crippen molar-refractivity contribution in [3.05, 3.63) is 35.9 Å². The second kappa shape index (κ2) is 10.3. The van der Waals surface area contributed by atoms with Crippen LogP contribution in [0, 0.1) is 0 Å². The Labute approximate surface area is 118 Å². The van der Waals surface area contributed by atoms with E-state index in [0.717, 1.165) is 30.3 Å². The Hall–Kier alpha value is 1.21. The largest absolute Gasteiger partial charge is 1.00 e. The van der Waals surface area contributed by atoms with Gasteiger partial charge >= 0.3 is 68.9 Å². The van der Waals surface area contributed by atoms with Gasteiger partial charge in [0.05, 0.1) is 0 Å². The molecule has 12 heavy (non-hydrogen) atoms. The Morgan fingerprint density at radius 2 is 1.42 bits per heavy atom. The smallest absolute Gasteiger partial charge is 1.00 e. The molecule has 0 spiro atoms.